The minimum atomic E-state index is -0.239. The number of nitrogens with zero attached hydrogens (tertiary/aromatic N) is 2. The molecule has 1 aliphatic rings. The average Bonchev–Trinajstić information content (AvgIpc) is 3.31. The summed E-state index contributed by atoms with van der Waals surface area (Å²) < 4.78 is 16.6. The molecule has 1 aromatic heterocycles. The maximum atomic E-state index is 13.4. The van der Waals surface area contributed by atoms with Crippen LogP contribution < -0.4 is 14.8 Å². The van der Waals surface area contributed by atoms with Gasteiger partial charge in [0.1, 0.15) is 13.2 Å². The third kappa shape index (κ3) is 6.39. The second-order valence-corrected chi connectivity index (χ2v) is 8.72. The SMILES string of the molecule is CCNC(=O)N(CCCOC)CC(=O)N1CCc2sccc2C1COc1ccccc1OC. The number of fused-ring (bicyclic) bond motifs is 1. The van der Waals surface area contributed by atoms with Gasteiger partial charge in [0.2, 0.25) is 5.91 Å². The van der Waals surface area contributed by atoms with Crippen molar-refractivity contribution in [3.63, 3.8) is 0 Å². The Bertz CT molecular complexity index is 919. The van der Waals surface area contributed by atoms with Gasteiger partial charge in [-0.3, -0.25) is 4.79 Å². The van der Waals surface area contributed by atoms with Crippen molar-refractivity contribution in [3.05, 3.63) is 46.2 Å². The predicted octanol–water partition coefficient (Wildman–Crippen LogP) is 3.33. The zero-order valence-corrected chi connectivity index (χ0v) is 20.4. The molecule has 1 atom stereocenters. The van der Waals surface area contributed by atoms with Crippen LogP contribution in [0.1, 0.15) is 29.8 Å². The van der Waals surface area contributed by atoms with Crippen molar-refractivity contribution in [2.24, 2.45) is 0 Å². The molecular weight excluding hydrogens is 442 g/mol. The fourth-order valence-electron chi connectivity index (χ4n) is 3.95. The van der Waals surface area contributed by atoms with E-state index in [1.807, 2.05) is 36.1 Å². The van der Waals surface area contributed by atoms with Crippen molar-refractivity contribution in [3.8, 4) is 11.5 Å². The number of thiophene rings is 1. The molecule has 9 heteroatoms. The number of hydrogen-bond donors (Lipinski definition) is 1. The van der Waals surface area contributed by atoms with Gasteiger partial charge in [0.05, 0.1) is 13.2 Å². The number of carbonyl (C=O) groups excluding carboxylic acids is 2. The van der Waals surface area contributed by atoms with Gasteiger partial charge in [-0.15, -0.1) is 11.3 Å². The number of para-hydroxylation sites is 2. The Labute approximate surface area is 199 Å². The number of hydrogen-bond acceptors (Lipinski definition) is 6. The van der Waals surface area contributed by atoms with Gasteiger partial charge in [-0.25, -0.2) is 4.79 Å². The number of methoxy groups -OCH3 is 2. The van der Waals surface area contributed by atoms with Crippen LogP contribution >= 0.6 is 11.3 Å². The van der Waals surface area contributed by atoms with Crippen molar-refractivity contribution < 1.29 is 23.8 Å². The molecule has 2 heterocycles. The quantitative estimate of drug-likeness (QED) is 0.505. The molecule has 0 bridgehead atoms. The number of ether oxygens (including phenoxy) is 3. The number of benzene rings is 1. The van der Waals surface area contributed by atoms with Crippen molar-refractivity contribution >= 4 is 23.3 Å². The molecule has 3 rings (SSSR count). The summed E-state index contributed by atoms with van der Waals surface area (Å²) in [5.41, 5.74) is 1.11. The van der Waals surface area contributed by atoms with Crippen molar-refractivity contribution in [1.82, 2.24) is 15.1 Å². The molecule has 0 fully saturated rings. The van der Waals surface area contributed by atoms with Crippen molar-refractivity contribution in [2.45, 2.75) is 25.8 Å². The summed E-state index contributed by atoms with van der Waals surface area (Å²) in [6.45, 7) is 4.26. The highest BCUT2D eigenvalue weighted by Crippen LogP contribution is 2.35. The first-order valence-corrected chi connectivity index (χ1v) is 12.1. The fourth-order valence-corrected chi connectivity index (χ4v) is 4.88. The number of nitrogens with one attached hydrogen (secondary N) is 1. The number of rotatable bonds is 11. The molecule has 8 nitrogen and oxygen atoms in total. The van der Waals surface area contributed by atoms with Crippen molar-refractivity contribution in [2.75, 3.05) is 53.6 Å². The van der Waals surface area contributed by atoms with Crippen LogP contribution in [0.4, 0.5) is 4.79 Å². The molecule has 0 radical (unpaired) electrons. The van der Waals surface area contributed by atoms with E-state index in [0.29, 0.717) is 50.8 Å². The van der Waals surface area contributed by atoms with E-state index in [2.05, 4.69) is 16.8 Å². The normalized spacial score (nSPS) is 15.0. The fraction of sp³-hybridized carbons (Fsp3) is 0.500. The molecule has 1 aliphatic heterocycles. The monoisotopic (exact) mass is 475 g/mol. The molecule has 0 spiro atoms. The lowest BCUT2D eigenvalue weighted by Gasteiger charge is -2.37. The van der Waals surface area contributed by atoms with Crippen LogP contribution in [-0.2, 0) is 16.0 Å². The van der Waals surface area contributed by atoms with Gasteiger partial charge in [-0.1, -0.05) is 12.1 Å². The number of carbonyl (C=O) groups is 2. The number of amides is 3. The van der Waals surface area contributed by atoms with Gasteiger partial charge in [0.15, 0.2) is 11.5 Å². The van der Waals surface area contributed by atoms with E-state index in [-0.39, 0.29) is 24.5 Å². The van der Waals surface area contributed by atoms with Crippen LogP contribution in [0.5, 0.6) is 11.5 Å². The summed E-state index contributed by atoms with van der Waals surface area (Å²) in [4.78, 5) is 30.6. The summed E-state index contributed by atoms with van der Waals surface area (Å²) in [5, 5.41) is 4.86. The molecule has 2 aromatic rings. The summed E-state index contributed by atoms with van der Waals surface area (Å²) in [6, 6.07) is 9.08. The van der Waals surface area contributed by atoms with Gasteiger partial charge in [0, 0.05) is 38.2 Å². The maximum absolute atomic E-state index is 13.4. The summed E-state index contributed by atoms with van der Waals surface area (Å²) in [6.07, 6.45) is 1.46. The first kappa shape index (κ1) is 24.9. The molecule has 1 aromatic carbocycles. The average molecular weight is 476 g/mol. The molecule has 1 N–H and O–H groups in total. The Morgan fingerprint density at radius 1 is 1.21 bits per heavy atom. The van der Waals surface area contributed by atoms with E-state index < -0.39 is 0 Å². The molecule has 0 saturated carbocycles. The first-order chi connectivity index (χ1) is 16.1. The molecule has 0 aliphatic carbocycles. The molecular formula is C24H33N3O5S. The minimum absolute atomic E-state index is 0.0141. The highest BCUT2D eigenvalue weighted by atomic mass is 32.1. The first-order valence-electron chi connectivity index (χ1n) is 11.2. The van der Waals surface area contributed by atoms with E-state index in [0.717, 1.165) is 12.0 Å². The van der Waals surface area contributed by atoms with Crippen LogP contribution in [0, 0.1) is 0 Å². The largest absolute Gasteiger partial charge is 0.493 e. The van der Waals surface area contributed by atoms with Crippen molar-refractivity contribution in [1.29, 1.82) is 0 Å². The van der Waals surface area contributed by atoms with E-state index in [1.54, 1.807) is 30.5 Å². The van der Waals surface area contributed by atoms with Crippen LogP contribution in [-0.4, -0.2) is 75.4 Å². The van der Waals surface area contributed by atoms with E-state index in [9.17, 15) is 9.59 Å². The smallest absolute Gasteiger partial charge is 0.317 e. The van der Waals surface area contributed by atoms with E-state index in [1.165, 1.54) is 4.88 Å². The Kier molecular flexibility index (Phi) is 9.38. The molecule has 3 amide bonds. The van der Waals surface area contributed by atoms with Gasteiger partial charge in [-0.05, 0) is 48.9 Å². The standard InChI is InChI=1S/C24H33N3O5S/c1-4-25-24(29)26(12-7-14-30-2)16-23(28)27-13-10-22-18(11-15-33-22)19(27)17-32-21-9-6-5-8-20(21)31-3/h5-6,8-9,11,15,19H,4,7,10,12-14,16-17H2,1-3H3,(H,25,29). The third-order valence-corrected chi connectivity index (χ3v) is 6.60. The third-order valence-electron chi connectivity index (χ3n) is 5.60. The lowest BCUT2D eigenvalue weighted by molar-refractivity contribution is -0.135. The molecule has 1 unspecified atom stereocenters. The topological polar surface area (TPSA) is 80.3 Å². The Hall–Kier alpha value is -2.78. The Morgan fingerprint density at radius 3 is 2.73 bits per heavy atom. The van der Waals surface area contributed by atoms with E-state index in [4.69, 9.17) is 14.2 Å². The second kappa shape index (κ2) is 12.5. The summed E-state index contributed by atoms with van der Waals surface area (Å²) >= 11 is 1.70. The summed E-state index contributed by atoms with van der Waals surface area (Å²) in [7, 11) is 3.23. The van der Waals surface area contributed by atoms with Gasteiger partial charge >= 0.3 is 6.03 Å². The zero-order chi connectivity index (χ0) is 23.6. The highest BCUT2D eigenvalue weighted by molar-refractivity contribution is 7.10. The Morgan fingerprint density at radius 2 is 2.00 bits per heavy atom. The molecule has 33 heavy (non-hydrogen) atoms. The zero-order valence-electron chi connectivity index (χ0n) is 19.5. The van der Waals surface area contributed by atoms with Crippen LogP contribution in [0.3, 0.4) is 0 Å². The van der Waals surface area contributed by atoms with Crippen LogP contribution in [0.2, 0.25) is 0 Å². The molecule has 180 valence electrons. The maximum Gasteiger partial charge on any atom is 0.317 e. The van der Waals surface area contributed by atoms with Gasteiger partial charge in [0.25, 0.3) is 0 Å². The lowest BCUT2D eigenvalue weighted by atomic mass is 10.0. The molecule has 0 saturated heterocycles. The second-order valence-electron chi connectivity index (χ2n) is 7.72. The minimum Gasteiger partial charge on any atom is -0.493 e. The lowest BCUT2D eigenvalue weighted by Crippen LogP contribution is -2.50. The van der Waals surface area contributed by atoms with Crippen LogP contribution in [0.25, 0.3) is 0 Å². The predicted molar refractivity (Wildman–Crippen MR) is 128 cm³/mol. The van der Waals surface area contributed by atoms with E-state index >= 15 is 0 Å². The van der Waals surface area contributed by atoms with Crippen LogP contribution in [0.15, 0.2) is 35.7 Å². The Balaban J connectivity index is 1.75. The summed E-state index contributed by atoms with van der Waals surface area (Å²) in [5.74, 6) is 1.19. The van der Waals surface area contributed by atoms with Gasteiger partial charge in [-0.2, -0.15) is 0 Å². The number of urea groups is 1. The highest BCUT2D eigenvalue weighted by Gasteiger charge is 2.33. The van der Waals surface area contributed by atoms with Gasteiger partial charge < -0.3 is 29.3 Å².